The fourth-order valence-electron chi connectivity index (χ4n) is 4.98. The van der Waals surface area contributed by atoms with Crippen molar-refractivity contribution in [3.8, 4) is 5.75 Å². The number of hydrogen-bond acceptors (Lipinski definition) is 5. The van der Waals surface area contributed by atoms with Gasteiger partial charge in [-0.25, -0.2) is 4.39 Å². The molecule has 2 aromatic rings. The molecule has 2 heterocycles. The Morgan fingerprint density at radius 3 is 2.69 bits per heavy atom. The molecular weight excluding hydrogens is 465 g/mol. The van der Waals surface area contributed by atoms with Crippen molar-refractivity contribution in [2.45, 2.75) is 62.8 Å². The Balaban J connectivity index is 1.26. The van der Waals surface area contributed by atoms with Gasteiger partial charge in [0, 0.05) is 24.3 Å². The number of likely N-dealkylation sites (N-methyl/N-ethyl adjacent to an activating group) is 1. The molecule has 2 aliphatic heterocycles. The van der Waals surface area contributed by atoms with E-state index >= 15 is 0 Å². The molecular formula is C27H30FN3O5. The molecule has 1 saturated carbocycles. The van der Waals surface area contributed by atoms with Crippen LogP contribution in [0.25, 0.3) is 0 Å². The smallest absolute Gasteiger partial charge is 0.257 e. The van der Waals surface area contributed by atoms with Crippen LogP contribution in [0.2, 0.25) is 0 Å². The van der Waals surface area contributed by atoms with Gasteiger partial charge in [0.25, 0.3) is 11.8 Å². The van der Waals surface area contributed by atoms with Crippen LogP contribution >= 0.6 is 0 Å². The Hall–Kier alpha value is -3.46. The van der Waals surface area contributed by atoms with Crippen molar-refractivity contribution in [2.24, 2.45) is 0 Å². The number of nitrogens with zero attached hydrogens (tertiary/aromatic N) is 1. The molecule has 2 fully saturated rings. The SMILES string of the molecule is CN1C(=O)c2cc(NC(=O)c3cccc(F)c3)ccc2OC[C@H]2O[C@@H](CC(=O)NC3CCC3)CC[C@H]21. The molecule has 2 N–H and O–H groups in total. The lowest BCUT2D eigenvalue weighted by molar-refractivity contribution is -0.135. The number of amides is 3. The van der Waals surface area contributed by atoms with Gasteiger partial charge in [-0.15, -0.1) is 0 Å². The highest BCUT2D eigenvalue weighted by molar-refractivity contribution is 6.05. The summed E-state index contributed by atoms with van der Waals surface area (Å²) in [4.78, 5) is 39.9. The second-order valence-electron chi connectivity index (χ2n) is 9.74. The van der Waals surface area contributed by atoms with E-state index in [0.717, 1.165) is 25.3 Å². The fraction of sp³-hybridized carbons (Fsp3) is 0.444. The zero-order valence-corrected chi connectivity index (χ0v) is 20.2. The van der Waals surface area contributed by atoms with Gasteiger partial charge in [0.05, 0.1) is 24.1 Å². The van der Waals surface area contributed by atoms with E-state index < -0.39 is 11.7 Å². The average Bonchev–Trinajstić information content (AvgIpc) is 2.84. The lowest BCUT2D eigenvalue weighted by Gasteiger charge is -2.42. The first-order valence-corrected chi connectivity index (χ1v) is 12.4. The first-order valence-electron chi connectivity index (χ1n) is 12.4. The van der Waals surface area contributed by atoms with Gasteiger partial charge in [-0.2, -0.15) is 0 Å². The van der Waals surface area contributed by atoms with E-state index in [4.69, 9.17) is 9.47 Å². The van der Waals surface area contributed by atoms with Crippen LogP contribution in [-0.2, 0) is 9.53 Å². The maximum atomic E-state index is 13.5. The Bertz CT molecular complexity index is 1170. The molecule has 190 valence electrons. The molecule has 1 aliphatic carbocycles. The second kappa shape index (κ2) is 10.3. The third kappa shape index (κ3) is 5.21. The van der Waals surface area contributed by atoms with Crippen LogP contribution in [0.15, 0.2) is 42.5 Å². The summed E-state index contributed by atoms with van der Waals surface area (Å²) in [7, 11) is 1.74. The Labute approximate surface area is 209 Å². The molecule has 0 unspecified atom stereocenters. The van der Waals surface area contributed by atoms with Crippen molar-refractivity contribution in [1.29, 1.82) is 0 Å². The van der Waals surface area contributed by atoms with Gasteiger partial charge >= 0.3 is 0 Å². The van der Waals surface area contributed by atoms with Crippen molar-refractivity contribution in [2.75, 3.05) is 19.0 Å². The van der Waals surface area contributed by atoms with Gasteiger partial charge in [0.15, 0.2) is 0 Å². The van der Waals surface area contributed by atoms with Crippen LogP contribution in [0.5, 0.6) is 5.75 Å². The van der Waals surface area contributed by atoms with E-state index in [0.29, 0.717) is 42.3 Å². The fourth-order valence-corrected chi connectivity index (χ4v) is 4.98. The molecule has 8 nitrogen and oxygen atoms in total. The van der Waals surface area contributed by atoms with Crippen molar-refractivity contribution >= 4 is 23.4 Å². The lowest BCUT2D eigenvalue weighted by Crippen LogP contribution is -2.54. The monoisotopic (exact) mass is 495 g/mol. The average molecular weight is 496 g/mol. The second-order valence-corrected chi connectivity index (χ2v) is 9.74. The first-order chi connectivity index (χ1) is 17.4. The van der Waals surface area contributed by atoms with Crippen molar-refractivity contribution in [3.63, 3.8) is 0 Å². The molecule has 36 heavy (non-hydrogen) atoms. The van der Waals surface area contributed by atoms with Gasteiger partial charge in [0.2, 0.25) is 5.91 Å². The largest absolute Gasteiger partial charge is 0.490 e. The summed E-state index contributed by atoms with van der Waals surface area (Å²) in [5.41, 5.74) is 0.914. The number of nitrogens with one attached hydrogen (secondary N) is 2. The summed E-state index contributed by atoms with van der Waals surface area (Å²) >= 11 is 0. The van der Waals surface area contributed by atoms with E-state index in [1.165, 1.54) is 18.2 Å². The molecule has 9 heteroatoms. The molecule has 2 aromatic carbocycles. The quantitative estimate of drug-likeness (QED) is 0.662. The van der Waals surface area contributed by atoms with Gasteiger partial charge in [-0.3, -0.25) is 14.4 Å². The Kier molecular flexibility index (Phi) is 6.91. The zero-order valence-electron chi connectivity index (χ0n) is 20.2. The molecule has 0 spiro atoms. The molecule has 0 radical (unpaired) electrons. The standard InChI is InChI=1S/C27H30FN3O5/c1-31-22-10-9-20(14-25(32)29-18-6-3-7-18)36-24(22)15-35-23-11-8-19(13-21(23)27(31)34)30-26(33)16-4-2-5-17(28)12-16/h2,4-5,8,11-13,18,20,22,24H,3,6-7,9-10,14-15H2,1H3,(H,29,32)(H,30,33)/t20-,22-,24-/m1/s1. The Morgan fingerprint density at radius 1 is 1.11 bits per heavy atom. The molecule has 5 rings (SSSR count). The maximum absolute atomic E-state index is 13.5. The number of carbonyl (C=O) groups excluding carboxylic acids is 3. The zero-order chi connectivity index (χ0) is 25.2. The van der Waals surface area contributed by atoms with Crippen molar-refractivity contribution in [3.05, 3.63) is 59.4 Å². The molecule has 3 amide bonds. The number of carbonyl (C=O) groups is 3. The van der Waals surface area contributed by atoms with Crippen LogP contribution in [0, 0.1) is 5.82 Å². The minimum absolute atomic E-state index is 0.0116. The van der Waals surface area contributed by atoms with E-state index in [1.807, 2.05) is 0 Å². The first kappa shape index (κ1) is 24.2. The minimum Gasteiger partial charge on any atom is -0.490 e. The number of ether oxygens (including phenoxy) is 2. The number of rotatable bonds is 5. The van der Waals surface area contributed by atoms with Gasteiger partial charge in [-0.1, -0.05) is 6.07 Å². The highest BCUT2D eigenvalue weighted by Gasteiger charge is 2.39. The number of fused-ring (bicyclic) bond motifs is 2. The van der Waals surface area contributed by atoms with Crippen LogP contribution in [-0.4, -0.2) is 60.6 Å². The number of benzene rings is 2. The minimum atomic E-state index is -0.503. The van der Waals surface area contributed by atoms with Gasteiger partial charge in [-0.05, 0) is 68.5 Å². The third-order valence-electron chi connectivity index (χ3n) is 7.24. The molecule has 3 aliphatic rings. The number of halogens is 1. The van der Waals surface area contributed by atoms with Crippen LogP contribution in [0.4, 0.5) is 10.1 Å². The highest BCUT2D eigenvalue weighted by atomic mass is 19.1. The van der Waals surface area contributed by atoms with Crippen LogP contribution < -0.4 is 15.4 Å². The molecule has 3 atom stereocenters. The predicted molar refractivity (Wildman–Crippen MR) is 130 cm³/mol. The van der Waals surface area contributed by atoms with Crippen LogP contribution in [0.3, 0.4) is 0 Å². The summed E-state index contributed by atoms with van der Waals surface area (Å²) < 4.78 is 25.7. The topological polar surface area (TPSA) is 97.0 Å². The van der Waals surface area contributed by atoms with E-state index in [9.17, 15) is 18.8 Å². The number of anilines is 1. The third-order valence-corrected chi connectivity index (χ3v) is 7.24. The summed E-state index contributed by atoms with van der Waals surface area (Å²) in [5.74, 6) is -0.821. The predicted octanol–water partition coefficient (Wildman–Crippen LogP) is 3.52. The van der Waals surface area contributed by atoms with E-state index in [2.05, 4.69) is 10.6 Å². The highest BCUT2D eigenvalue weighted by Crippen LogP contribution is 2.32. The van der Waals surface area contributed by atoms with Gasteiger partial charge in [0.1, 0.15) is 24.3 Å². The molecule has 0 bridgehead atoms. The maximum Gasteiger partial charge on any atom is 0.257 e. The summed E-state index contributed by atoms with van der Waals surface area (Å²) in [6, 6.07) is 10.3. The number of hydrogen-bond donors (Lipinski definition) is 2. The molecule has 1 saturated heterocycles. The molecule has 0 aromatic heterocycles. The summed E-state index contributed by atoms with van der Waals surface area (Å²) in [5, 5.41) is 5.77. The van der Waals surface area contributed by atoms with Crippen LogP contribution in [0.1, 0.15) is 59.2 Å². The van der Waals surface area contributed by atoms with E-state index in [-0.39, 0.29) is 42.2 Å². The van der Waals surface area contributed by atoms with Crippen molar-refractivity contribution < 1.29 is 28.2 Å². The summed E-state index contributed by atoms with van der Waals surface area (Å²) in [6.07, 6.45) is 4.36. The van der Waals surface area contributed by atoms with Crippen molar-refractivity contribution in [1.82, 2.24) is 10.2 Å². The van der Waals surface area contributed by atoms with E-state index in [1.54, 1.807) is 30.1 Å². The summed E-state index contributed by atoms with van der Waals surface area (Å²) in [6.45, 7) is 0.241. The van der Waals surface area contributed by atoms with Gasteiger partial charge < -0.3 is 25.0 Å². The normalized spacial score (nSPS) is 23.8. The lowest BCUT2D eigenvalue weighted by atomic mass is 9.92. The Morgan fingerprint density at radius 2 is 1.94 bits per heavy atom.